The van der Waals surface area contributed by atoms with Gasteiger partial charge in [0.15, 0.2) is 0 Å². The topological polar surface area (TPSA) is 49.4 Å². The van der Waals surface area contributed by atoms with Crippen molar-refractivity contribution in [3.05, 3.63) is 59.4 Å². The van der Waals surface area contributed by atoms with E-state index in [1.807, 2.05) is 30.3 Å². The molecule has 1 N–H and O–H groups in total. The molecule has 2 aromatic rings. The van der Waals surface area contributed by atoms with Crippen LogP contribution in [0.5, 0.6) is 0 Å². The maximum Gasteiger partial charge on any atom is 0.229 e. The van der Waals surface area contributed by atoms with Gasteiger partial charge in [0.2, 0.25) is 11.8 Å². The van der Waals surface area contributed by atoms with E-state index in [1.54, 1.807) is 4.90 Å². The van der Waals surface area contributed by atoms with Crippen LogP contribution >= 0.6 is 11.6 Å². The van der Waals surface area contributed by atoms with Crippen molar-refractivity contribution in [2.24, 2.45) is 5.92 Å². The average molecular weight is 333 g/mol. The normalized spacial score (nSPS) is 17.4. The fourth-order valence-corrected chi connectivity index (χ4v) is 2.73. The Hall–Kier alpha value is -2.40. The number of para-hydroxylation sites is 1. The number of anilines is 2. The molecule has 0 aromatic heterocycles. The average Bonchev–Trinajstić information content (AvgIpc) is 2.93. The first-order chi connectivity index (χ1) is 11.0. The number of halogens is 2. The van der Waals surface area contributed by atoms with Crippen molar-refractivity contribution in [3.63, 3.8) is 0 Å². The molecule has 1 fully saturated rings. The molecule has 4 nitrogen and oxygen atoms in total. The van der Waals surface area contributed by atoms with Gasteiger partial charge >= 0.3 is 0 Å². The molecule has 1 saturated heterocycles. The summed E-state index contributed by atoms with van der Waals surface area (Å²) in [6.45, 7) is 0.282. The second-order valence-corrected chi connectivity index (χ2v) is 5.79. The fraction of sp³-hybridized carbons (Fsp3) is 0.176. The van der Waals surface area contributed by atoms with Crippen LogP contribution in [0, 0.1) is 11.7 Å². The van der Waals surface area contributed by atoms with Crippen LogP contribution in [-0.4, -0.2) is 18.4 Å². The standard InChI is InChI=1S/C17H14ClFN2O2/c18-12-6-7-15(14(19)9-12)20-17(23)11-8-16(22)21(10-11)13-4-2-1-3-5-13/h1-7,9,11H,8,10H2,(H,20,23)/t11-/m1/s1. The van der Waals surface area contributed by atoms with E-state index in [1.165, 1.54) is 12.1 Å². The first-order valence-electron chi connectivity index (χ1n) is 7.16. The molecule has 118 valence electrons. The molecule has 1 atom stereocenters. The SMILES string of the molecule is O=C(Nc1ccc(Cl)cc1F)[C@@H]1CC(=O)N(c2ccccc2)C1. The van der Waals surface area contributed by atoms with Gasteiger partial charge in [-0.25, -0.2) is 4.39 Å². The van der Waals surface area contributed by atoms with E-state index in [0.717, 1.165) is 11.8 Å². The predicted octanol–water partition coefficient (Wildman–Crippen LogP) is 3.47. The lowest BCUT2D eigenvalue weighted by Crippen LogP contribution is -2.28. The van der Waals surface area contributed by atoms with Crippen molar-refractivity contribution in [1.82, 2.24) is 0 Å². The van der Waals surface area contributed by atoms with Gasteiger partial charge in [-0.15, -0.1) is 0 Å². The number of rotatable bonds is 3. The van der Waals surface area contributed by atoms with Crippen LogP contribution in [0.2, 0.25) is 5.02 Å². The molecular formula is C17H14ClFN2O2. The third kappa shape index (κ3) is 3.35. The lowest BCUT2D eigenvalue weighted by atomic mass is 10.1. The highest BCUT2D eigenvalue weighted by molar-refractivity contribution is 6.30. The summed E-state index contributed by atoms with van der Waals surface area (Å²) in [4.78, 5) is 26.0. The van der Waals surface area contributed by atoms with Crippen molar-refractivity contribution in [2.75, 3.05) is 16.8 Å². The predicted molar refractivity (Wildman–Crippen MR) is 86.9 cm³/mol. The summed E-state index contributed by atoms with van der Waals surface area (Å²) in [5, 5.41) is 2.78. The molecule has 1 aliphatic rings. The Balaban J connectivity index is 1.71. The molecular weight excluding hydrogens is 319 g/mol. The quantitative estimate of drug-likeness (QED) is 0.935. The molecule has 0 radical (unpaired) electrons. The van der Waals surface area contributed by atoms with Gasteiger partial charge < -0.3 is 10.2 Å². The highest BCUT2D eigenvalue weighted by Crippen LogP contribution is 2.26. The zero-order valence-corrected chi connectivity index (χ0v) is 12.9. The summed E-state index contributed by atoms with van der Waals surface area (Å²) in [5.41, 5.74) is 0.815. The minimum absolute atomic E-state index is 0.0602. The zero-order valence-electron chi connectivity index (χ0n) is 12.1. The van der Waals surface area contributed by atoms with Gasteiger partial charge in [-0.3, -0.25) is 9.59 Å². The van der Waals surface area contributed by atoms with Gasteiger partial charge in [-0.2, -0.15) is 0 Å². The number of carbonyl (C=O) groups is 2. The van der Waals surface area contributed by atoms with E-state index < -0.39 is 11.7 Å². The van der Waals surface area contributed by atoms with Crippen molar-refractivity contribution >= 4 is 34.8 Å². The van der Waals surface area contributed by atoms with Crippen LogP contribution in [0.1, 0.15) is 6.42 Å². The Labute approximate surface area is 137 Å². The maximum absolute atomic E-state index is 13.7. The molecule has 3 rings (SSSR count). The maximum atomic E-state index is 13.7. The molecule has 0 bridgehead atoms. The van der Waals surface area contributed by atoms with Crippen LogP contribution in [0.15, 0.2) is 48.5 Å². The fourth-order valence-electron chi connectivity index (χ4n) is 2.57. The molecule has 0 unspecified atom stereocenters. The highest BCUT2D eigenvalue weighted by Gasteiger charge is 2.35. The molecule has 2 amide bonds. The lowest BCUT2D eigenvalue weighted by Gasteiger charge is -2.16. The molecule has 0 saturated carbocycles. The highest BCUT2D eigenvalue weighted by atomic mass is 35.5. The molecule has 0 aliphatic carbocycles. The van der Waals surface area contributed by atoms with E-state index >= 15 is 0 Å². The van der Waals surface area contributed by atoms with E-state index in [4.69, 9.17) is 11.6 Å². The molecule has 1 heterocycles. The molecule has 2 aromatic carbocycles. The molecule has 1 aliphatic heterocycles. The Kier molecular flexibility index (Phi) is 4.30. The summed E-state index contributed by atoms with van der Waals surface area (Å²) in [7, 11) is 0. The number of hydrogen-bond acceptors (Lipinski definition) is 2. The van der Waals surface area contributed by atoms with Gasteiger partial charge in [0.05, 0.1) is 11.6 Å². The van der Waals surface area contributed by atoms with Gasteiger partial charge in [-0.05, 0) is 30.3 Å². The van der Waals surface area contributed by atoms with E-state index in [9.17, 15) is 14.0 Å². The Morgan fingerprint density at radius 3 is 2.65 bits per heavy atom. The van der Waals surface area contributed by atoms with Gasteiger partial charge in [0.1, 0.15) is 5.82 Å². The van der Waals surface area contributed by atoms with E-state index in [-0.39, 0.29) is 35.5 Å². The monoisotopic (exact) mass is 332 g/mol. The van der Waals surface area contributed by atoms with Crippen LogP contribution in [0.25, 0.3) is 0 Å². The number of carbonyl (C=O) groups excluding carboxylic acids is 2. The Morgan fingerprint density at radius 1 is 1.22 bits per heavy atom. The smallest absolute Gasteiger partial charge is 0.229 e. The molecule has 6 heteroatoms. The van der Waals surface area contributed by atoms with Crippen LogP contribution < -0.4 is 10.2 Å². The zero-order chi connectivity index (χ0) is 16.4. The minimum Gasteiger partial charge on any atom is -0.323 e. The number of benzene rings is 2. The Morgan fingerprint density at radius 2 is 1.96 bits per heavy atom. The third-order valence-corrected chi connectivity index (χ3v) is 3.99. The summed E-state index contributed by atoms with van der Waals surface area (Å²) in [6, 6.07) is 13.2. The lowest BCUT2D eigenvalue weighted by molar-refractivity contribution is -0.122. The van der Waals surface area contributed by atoms with Crippen molar-refractivity contribution in [3.8, 4) is 0 Å². The first kappa shape index (κ1) is 15.5. The first-order valence-corrected chi connectivity index (χ1v) is 7.54. The van der Waals surface area contributed by atoms with Crippen LogP contribution in [-0.2, 0) is 9.59 Å². The minimum atomic E-state index is -0.602. The van der Waals surface area contributed by atoms with E-state index in [2.05, 4.69) is 5.32 Å². The third-order valence-electron chi connectivity index (χ3n) is 3.75. The van der Waals surface area contributed by atoms with Crippen LogP contribution in [0.3, 0.4) is 0 Å². The van der Waals surface area contributed by atoms with Crippen LogP contribution in [0.4, 0.5) is 15.8 Å². The number of nitrogens with zero attached hydrogens (tertiary/aromatic N) is 1. The summed E-state index contributed by atoms with van der Waals surface area (Å²) in [6.07, 6.45) is 0.107. The van der Waals surface area contributed by atoms with Gasteiger partial charge in [0, 0.05) is 23.7 Å². The van der Waals surface area contributed by atoms with Crippen molar-refractivity contribution < 1.29 is 14.0 Å². The largest absolute Gasteiger partial charge is 0.323 e. The number of nitrogens with one attached hydrogen (secondary N) is 1. The van der Waals surface area contributed by atoms with E-state index in [0.29, 0.717) is 0 Å². The number of amides is 2. The second-order valence-electron chi connectivity index (χ2n) is 5.35. The molecule has 23 heavy (non-hydrogen) atoms. The summed E-state index contributed by atoms with van der Waals surface area (Å²) in [5.74, 6) is -1.61. The Bertz CT molecular complexity index is 752. The van der Waals surface area contributed by atoms with Crippen molar-refractivity contribution in [2.45, 2.75) is 6.42 Å². The van der Waals surface area contributed by atoms with Crippen molar-refractivity contribution in [1.29, 1.82) is 0 Å². The summed E-state index contributed by atoms with van der Waals surface area (Å²) >= 11 is 5.68. The van der Waals surface area contributed by atoms with Gasteiger partial charge in [0.25, 0.3) is 0 Å². The summed E-state index contributed by atoms with van der Waals surface area (Å²) < 4.78 is 13.7. The second kappa shape index (κ2) is 6.38. The number of hydrogen-bond donors (Lipinski definition) is 1. The van der Waals surface area contributed by atoms with Gasteiger partial charge in [-0.1, -0.05) is 29.8 Å². The molecule has 0 spiro atoms.